The van der Waals surface area contributed by atoms with Crippen molar-refractivity contribution in [1.29, 1.82) is 0 Å². The highest BCUT2D eigenvalue weighted by molar-refractivity contribution is 7.90. The van der Waals surface area contributed by atoms with Gasteiger partial charge in [-0.2, -0.15) is 5.10 Å². The summed E-state index contributed by atoms with van der Waals surface area (Å²) in [6, 6.07) is 13.9. The SMILES string of the molecule is COc1ccc(-n2nc3c(c2NC(=O)c2ccccc2OC)CS(=O)(=O)C3)cc1. The number of nitrogens with one attached hydrogen (secondary N) is 1. The number of anilines is 1. The van der Waals surface area contributed by atoms with Crippen molar-refractivity contribution in [2.45, 2.75) is 11.5 Å². The highest BCUT2D eigenvalue weighted by Crippen LogP contribution is 2.34. The molecule has 0 atom stereocenters. The molecule has 0 spiro atoms. The molecule has 1 aliphatic rings. The highest BCUT2D eigenvalue weighted by atomic mass is 32.2. The number of sulfone groups is 1. The molecule has 4 rings (SSSR count). The molecule has 0 aliphatic carbocycles. The molecule has 150 valence electrons. The fraction of sp³-hybridized carbons (Fsp3) is 0.200. The number of nitrogens with zero attached hydrogens (tertiary/aromatic N) is 2. The Morgan fingerprint density at radius 3 is 2.45 bits per heavy atom. The van der Waals surface area contributed by atoms with Crippen molar-refractivity contribution >= 4 is 21.6 Å². The van der Waals surface area contributed by atoms with E-state index in [0.717, 1.165) is 0 Å². The number of rotatable bonds is 5. The van der Waals surface area contributed by atoms with Gasteiger partial charge in [0.25, 0.3) is 5.91 Å². The molecule has 0 radical (unpaired) electrons. The van der Waals surface area contributed by atoms with Gasteiger partial charge in [0.15, 0.2) is 9.84 Å². The number of hydrogen-bond acceptors (Lipinski definition) is 6. The molecule has 3 aromatic rings. The van der Waals surface area contributed by atoms with Crippen LogP contribution < -0.4 is 14.8 Å². The second kappa shape index (κ2) is 7.25. The van der Waals surface area contributed by atoms with Crippen molar-refractivity contribution in [3.63, 3.8) is 0 Å². The third kappa shape index (κ3) is 3.56. The van der Waals surface area contributed by atoms with Gasteiger partial charge in [0.1, 0.15) is 17.3 Å². The molecule has 29 heavy (non-hydrogen) atoms. The molecule has 0 saturated heterocycles. The summed E-state index contributed by atoms with van der Waals surface area (Å²) in [7, 11) is -0.225. The average molecular weight is 413 g/mol. The molecule has 9 heteroatoms. The minimum Gasteiger partial charge on any atom is -0.497 e. The first-order valence-electron chi connectivity index (χ1n) is 8.82. The summed E-state index contributed by atoms with van der Waals surface area (Å²) < 4.78 is 36.2. The van der Waals surface area contributed by atoms with Gasteiger partial charge in [-0.15, -0.1) is 0 Å². The predicted molar refractivity (Wildman–Crippen MR) is 107 cm³/mol. The van der Waals surface area contributed by atoms with E-state index in [4.69, 9.17) is 9.47 Å². The van der Waals surface area contributed by atoms with Crippen molar-refractivity contribution in [1.82, 2.24) is 9.78 Å². The van der Waals surface area contributed by atoms with E-state index >= 15 is 0 Å². The monoisotopic (exact) mass is 413 g/mol. The fourth-order valence-electron chi connectivity index (χ4n) is 3.29. The fourth-order valence-corrected chi connectivity index (χ4v) is 4.78. The molecular weight excluding hydrogens is 394 g/mol. The number of benzene rings is 2. The van der Waals surface area contributed by atoms with Gasteiger partial charge in [0.2, 0.25) is 0 Å². The Morgan fingerprint density at radius 2 is 1.76 bits per heavy atom. The molecule has 0 saturated carbocycles. The van der Waals surface area contributed by atoms with Crippen molar-refractivity contribution in [2.24, 2.45) is 0 Å². The van der Waals surface area contributed by atoms with Crippen LogP contribution in [-0.2, 0) is 21.3 Å². The lowest BCUT2D eigenvalue weighted by Crippen LogP contribution is -2.17. The lowest BCUT2D eigenvalue weighted by Gasteiger charge is -2.13. The predicted octanol–water partition coefficient (Wildman–Crippen LogP) is 2.57. The third-order valence-corrected chi connectivity index (χ3v) is 6.13. The number of carbonyl (C=O) groups is 1. The molecular formula is C20H19N3O5S. The first kappa shape index (κ1) is 19.0. The standard InChI is InChI=1S/C20H19N3O5S/c1-27-14-9-7-13(8-10-14)23-19(16-11-29(25,26)12-17(16)22-23)21-20(24)15-5-3-4-6-18(15)28-2/h3-10H,11-12H2,1-2H3,(H,21,24). The molecule has 0 unspecified atom stereocenters. The molecule has 2 heterocycles. The Morgan fingerprint density at radius 1 is 1.03 bits per heavy atom. The summed E-state index contributed by atoms with van der Waals surface area (Å²) in [4.78, 5) is 12.9. The molecule has 1 aromatic heterocycles. The van der Waals surface area contributed by atoms with Crippen LogP contribution in [0.3, 0.4) is 0 Å². The third-order valence-electron chi connectivity index (χ3n) is 4.69. The molecule has 8 nitrogen and oxygen atoms in total. The van der Waals surface area contributed by atoms with Crippen molar-refractivity contribution in [2.75, 3.05) is 19.5 Å². The average Bonchev–Trinajstić information content (AvgIpc) is 3.20. The topological polar surface area (TPSA) is 99.5 Å². The largest absolute Gasteiger partial charge is 0.497 e. The van der Waals surface area contributed by atoms with Crippen molar-refractivity contribution in [3.8, 4) is 17.2 Å². The van der Waals surface area contributed by atoms with Crippen LogP contribution in [0.4, 0.5) is 5.82 Å². The van der Waals surface area contributed by atoms with Crippen LogP contribution in [0.2, 0.25) is 0 Å². The number of carbonyl (C=O) groups excluding carboxylic acids is 1. The summed E-state index contributed by atoms with van der Waals surface area (Å²) in [6.07, 6.45) is 0. The van der Waals surface area contributed by atoms with Gasteiger partial charge in [-0.3, -0.25) is 4.79 Å². The first-order valence-corrected chi connectivity index (χ1v) is 10.6. The van der Waals surface area contributed by atoms with E-state index in [1.165, 1.54) is 7.11 Å². The summed E-state index contributed by atoms with van der Waals surface area (Å²) >= 11 is 0. The van der Waals surface area contributed by atoms with Crippen LogP contribution in [0.25, 0.3) is 5.69 Å². The van der Waals surface area contributed by atoms with Gasteiger partial charge < -0.3 is 14.8 Å². The number of aromatic nitrogens is 2. The van der Waals surface area contributed by atoms with Crippen LogP contribution in [0.15, 0.2) is 48.5 Å². The molecule has 0 bridgehead atoms. The van der Waals surface area contributed by atoms with E-state index in [9.17, 15) is 13.2 Å². The van der Waals surface area contributed by atoms with Gasteiger partial charge in [-0.25, -0.2) is 13.1 Å². The Bertz CT molecular complexity index is 1180. The second-order valence-electron chi connectivity index (χ2n) is 6.57. The van der Waals surface area contributed by atoms with E-state index < -0.39 is 15.7 Å². The summed E-state index contributed by atoms with van der Waals surface area (Å²) in [5.74, 6) is 0.704. The Hall–Kier alpha value is -3.33. The van der Waals surface area contributed by atoms with E-state index in [2.05, 4.69) is 10.4 Å². The normalized spacial score (nSPS) is 14.3. The summed E-state index contributed by atoms with van der Waals surface area (Å²) in [5.41, 5.74) is 1.96. The van der Waals surface area contributed by atoms with E-state index in [1.807, 2.05) is 0 Å². The molecule has 1 aliphatic heterocycles. The number of fused-ring (bicyclic) bond motifs is 1. The number of ether oxygens (including phenoxy) is 2. The minimum absolute atomic E-state index is 0.150. The Labute approximate surface area is 168 Å². The van der Waals surface area contributed by atoms with Gasteiger partial charge in [-0.05, 0) is 36.4 Å². The minimum atomic E-state index is -3.28. The zero-order valence-electron chi connectivity index (χ0n) is 15.9. The molecule has 1 amide bonds. The van der Waals surface area contributed by atoms with Crippen LogP contribution in [0, 0.1) is 0 Å². The van der Waals surface area contributed by atoms with Crippen LogP contribution in [0.5, 0.6) is 11.5 Å². The molecule has 2 aromatic carbocycles. The smallest absolute Gasteiger partial charge is 0.260 e. The number of amides is 1. The lowest BCUT2D eigenvalue weighted by atomic mass is 10.2. The maximum atomic E-state index is 12.9. The Balaban J connectivity index is 1.77. The van der Waals surface area contributed by atoms with E-state index in [0.29, 0.717) is 39.8 Å². The maximum absolute atomic E-state index is 12.9. The van der Waals surface area contributed by atoms with Crippen molar-refractivity contribution in [3.05, 3.63) is 65.4 Å². The van der Waals surface area contributed by atoms with Crippen LogP contribution in [-0.4, -0.2) is 38.3 Å². The van der Waals surface area contributed by atoms with E-state index in [-0.39, 0.29) is 11.5 Å². The zero-order chi connectivity index (χ0) is 20.6. The summed E-state index contributed by atoms with van der Waals surface area (Å²) in [6.45, 7) is 0. The van der Waals surface area contributed by atoms with Gasteiger partial charge >= 0.3 is 0 Å². The van der Waals surface area contributed by atoms with E-state index in [1.54, 1.807) is 60.3 Å². The van der Waals surface area contributed by atoms with Crippen LogP contribution in [0.1, 0.15) is 21.6 Å². The van der Waals surface area contributed by atoms with Gasteiger partial charge in [0, 0.05) is 5.56 Å². The number of hydrogen-bond donors (Lipinski definition) is 1. The highest BCUT2D eigenvalue weighted by Gasteiger charge is 2.33. The lowest BCUT2D eigenvalue weighted by molar-refractivity contribution is 0.102. The molecule has 0 fully saturated rings. The molecule has 1 N–H and O–H groups in total. The first-order chi connectivity index (χ1) is 13.9. The Kier molecular flexibility index (Phi) is 4.75. The quantitative estimate of drug-likeness (QED) is 0.690. The zero-order valence-corrected chi connectivity index (χ0v) is 16.7. The van der Waals surface area contributed by atoms with Gasteiger partial charge in [0.05, 0.1) is 42.7 Å². The maximum Gasteiger partial charge on any atom is 0.260 e. The van der Waals surface area contributed by atoms with Gasteiger partial charge in [-0.1, -0.05) is 12.1 Å². The van der Waals surface area contributed by atoms with Crippen LogP contribution >= 0.6 is 0 Å². The number of methoxy groups -OCH3 is 2. The summed E-state index contributed by atoms with van der Waals surface area (Å²) in [5, 5.41) is 7.28. The van der Waals surface area contributed by atoms with Crippen molar-refractivity contribution < 1.29 is 22.7 Å². The second-order valence-corrected chi connectivity index (χ2v) is 8.63. The number of para-hydroxylation sites is 1.